The van der Waals surface area contributed by atoms with Crippen molar-refractivity contribution in [3.63, 3.8) is 0 Å². The molecular weight excluding hydrogens is 284 g/mol. The van der Waals surface area contributed by atoms with Crippen LogP contribution in [0.5, 0.6) is 0 Å². The molecule has 1 atom stereocenters. The second kappa shape index (κ2) is 8.75. The summed E-state index contributed by atoms with van der Waals surface area (Å²) < 4.78 is 0. The maximum atomic E-state index is 4.08. The molecule has 2 aromatic rings. The smallest absolute Gasteiger partial charge is 0.115 e. The summed E-state index contributed by atoms with van der Waals surface area (Å²) in [5, 5.41) is 3.60. The predicted octanol–water partition coefficient (Wildman–Crippen LogP) is 3.18. The Morgan fingerprint density at radius 1 is 0.957 bits per heavy atom. The first kappa shape index (κ1) is 16.1. The third kappa shape index (κ3) is 4.85. The molecule has 0 amide bonds. The van der Waals surface area contributed by atoms with Crippen molar-refractivity contribution in [2.75, 3.05) is 19.6 Å². The molecule has 1 aliphatic heterocycles. The van der Waals surface area contributed by atoms with Crippen molar-refractivity contribution in [3.8, 4) is 0 Å². The Balaban J connectivity index is 1.65. The van der Waals surface area contributed by atoms with E-state index in [2.05, 4.69) is 50.5 Å². The number of benzene rings is 1. The van der Waals surface area contributed by atoms with Gasteiger partial charge in [0.1, 0.15) is 6.33 Å². The molecule has 0 spiro atoms. The van der Waals surface area contributed by atoms with Crippen LogP contribution in [0.3, 0.4) is 0 Å². The van der Waals surface area contributed by atoms with Crippen LogP contribution in [0, 0.1) is 0 Å². The number of likely N-dealkylation sites (tertiary alicyclic amines) is 1. The van der Waals surface area contributed by atoms with E-state index in [-0.39, 0.29) is 0 Å². The fraction of sp³-hybridized carbons (Fsp3) is 0.474. The molecule has 1 N–H and O–H groups in total. The lowest BCUT2D eigenvalue weighted by Gasteiger charge is -2.31. The van der Waals surface area contributed by atoms with E-state index in [0.717, 1.165) is 18.7 Å². The van der Waals surface area contributed by atoms with Crippen LogP contribution in [-0.4, -0.2) is 34.5 Å². The minimum absolute atomic E-state index is 0.443. The van der Waals surface area contributed by atoms with Crippen LogP contribution in [0.2, 0.25) is 0 Å². The molecule has 0 saturated carbocycles. The molecule has 1 unspecified atom stereocenters. The first-order valence-electron chi connectivity index (χ1n) is 8.67. The maximum absolute atomic E-state index is 4.08. The van der Waals surface area contributed by atoms with Crippen LogP contribution in [0.15, 0.2) is 49.1 Å². The van der Waals surface area contributed by atoms with E-state index < -0.39 is 0 Å². The van der Waals surface area contributed by atoms with Crippen molar-refractivity contribution in [2.24, 2.45) is 0 Å². The summed E-state index contributed by atoms with van der Waals surface area (Å²) in [5.74, 6) is 0. The highest BCUT2D eigenvalue weighted by atomic mass is 15.2. The summed E-state index contributed by atoms with van der Waals surface area (Å²) in [6.07, 6.45) is 10.7. The summed E-state index contributed by atoms with van der Waals surface area (Å²) in [6, 6.07) is 11.3. The van der Waals surface area contributed by atoms with E-state index in [1.165, 1.54) is 44.3 Å². The van der Waals surface area contributed by atoms with Gasteiger partial charge in [0.15, 0.2) is 0 Å². The first-order chi connectivity index (χ1) is 11.4. The summed E-state index contributed by atoms with van der Waals surface area (Å²) in [6.45, 7) is 4.18. The second-order valence-electron chi connectivity index (χ2n) is 6.25. The Bertz CT molecular complexity index is 550. The normalized spacial score (nSPS) is 17.6. The molecule has 1 fully saturated rings. The van der Waals surface area contributed by atoms with E-state index in [1.807, 2.05) is 12.4 Å². The molecule has 0 bridgehead atoms. The van der Waals surface area contributed by atoms with Crippen LogP contribution >= 0.6 is 0 Å². The molecule has 122 valence electrons. The van der Waals surface area contributed by atoms with Gasteiger partial charge in [0.25, 0.3) is 0 Å². The molecule has 1 saturated heterocycles. The lowest BCUT2D eigenvalue weighted by molar-refractivity contribution is 0.199. The third-order valence-electron chi connectivity index (χ3n) is 4.55. The van der Waals surface area contributed by atoms with Gasteiger partial charge in [-0.1, -0.05) is 43.2 Å². The van der Waals surface area contributed by atoms with Crippen LogP contribution in [-0.2, 0) is 6.54 Å². The highest BCUT2D eigenvalue weighted by Gasteiger charge is 2.20. The molecule has 3 rings (SSSR count). The Labute approximate surface area is 139 Å². The van der Waals surface area contributed by atoms with E-state index >= 15 is 0 Å². The number of hydrogen-bond acceptors (Lipinski definition) is 4. The topological polar surface area (TPSA) is 41.1 Å². The highest BCUT2D eigenvalue weighted by Crippen LogP contribution is 2.23. The molecule has 2 heterocycles. The largest absolute Gasteiger partial charge is 0.311 e. The zero-order valence-corrected chi connectivity index (χ0v) is 13.7. The zero-order valence-electron chi connectivity index (χ0n) is 13.7. The van der Waals surface area contributed by atoms with E-state index in [0.29, 0.717) is 6.04 Å². The molecule has 1 aliphatic rings. The van der Waals surface area contributed by atoms with Crippen molar-refractivity contribution in [3.05, 3.63) is 60.2 Å². The van der Waals surface area contributed by atoms with Crippen molar-refractivity contribution in [2.45, 2.75) is 38.3 Å². The quantitative estimate of drug-likeness (QED) is 0.889. The number of rotatable bonds is 6. The zero-order chi connectivity index (χ0) is 15.7. The van der Waals surface area contributed by atoms with Gasteiger partial charge in [-0.2, -0.15) is 0 Å². The fourth-order valence-corrected chi connectivity index (χ4v) is 3.31. The van der Waals surface area contributed by atoms with Gasteiger partial charge in [-0.05, 0) is 31.5 Å². The van der Waals surface area contributed by atoms with Gasteiger partial charge in [0.05, 0.1) is 0 Å². The second-order valence-corrected chi connectivity index (χ2v) is 6.25. The molecule has 1 aromatic heterocycles. The third-order valence-corrected chi connectivity index (χ3v) is 4.55. The van der Waals surface area contributed by atoms with Crippen LogP contribution < -0.4 is 5.32 Å². The molecule has 0 radical (unpaired) electrons. The molecule has 4 heteroatoms. The van der Waals surface area contributed by atoms with Crippen molar-refractivity contribution >= 4 is 0 Å². The Morgan fingerprint density at radius 3 is 2.35 bits per heavy atom. The van der Waals surface area contributed by atoms with E-state index in [1.54, 1.807) is 6.33 Å². The SMILES string of the molecule is c1ccc(C(CNCc2cncnc2)N2CCCCCC2)cc1. The van der Waals surface area contributed by atoms with Gasteiger partial charge >= 0.3 is 0 Å². The van der Waals surface area contributed by atoms with Crippen molar-refractivity contribution < 1.29 is 0 Å². The summed E-state index contributed by atoms with van der Waals surface area (Å²) >= 11 is 0. The minimum Gasteiger partial charge on any atom is -0.311 e. The van der Waals surface area contributed by atoms with Crippen molar-refractivity contribution in [1.29, 1.82) is 0 Å². The lowest BCUT2D eigenvalue weighted by Crippen LogP contribution is -2.36. The number of hydrogen-bond donors (Lipinski definition) is 1. The summed E-state index contributed by atoms with van der Waals surface area (Å²) in [5.41, 5.74) is 2.54. The Morgan fingerprint density at radius 2 is 1.65 bits per heavy atom. The maximum Gasteiger partial charge on any atom is 0.115 e. The summed E-state index contributed by atoms with van der Waals surface area (Å²) in [4.78, 5) is 10.8. The number of nitrogens with zero attached hydrogens (tertiary/aromatic N) is 3. The fourth-order valence-electron chi connectivity index (χ4n) is 3.31. The highest BCUT2D eigenvalue weighted by molar-refractivity contribution is 5.19. The van der Waals surface area contributed by atoms with Crippen LogP contribution in [0.1, 0.15) is 42.9 Å². The molecule has 1 aromatic carbocycles. The van der Waals surface area contributed by atoms with Gasteiger partial charge in [-0.25, -0.2) is 9.97 Å². The van der Waals surface area contributed by atoms with Crippen molar-refractivity contribution in [1.82, 2.24) is 20.2 Å². The van der Waals surface area contributed by atoms with Gasteiger partial charge in [0, 0.05) is 37.1 Å². The van der Waals surface area contributed by atoms with Crippen LogP contribution in [0.4, 0.5) is 0 Å². The van der Waals surface area contributed by atoms with Gasteiger partial charge in [-0.15, -0.1) is 0 Å². The lowest BCUT2D eigenvalue weighted by atomic mass is 10.0. The van der Waals surface area contributed by atoms with Gasteiger partial charge in [0.2, 0.25) is 0 Å². The van der Waals surface area contributed by atoms with Gasteiger partial charge < -0.3 is 5.32 Å². The standard InChI is InChI=1S/C19H26N4/c1-2-7-11-23(10-6-1)19(18-8-4-3-5-9-18)15-20-12-17-13-21-16-22-14-17/h3-5,8-9,13-14,16,19-20H,1-2,6-7,10-12,15H2. The van der Waals surface area contributed by atoms with Crippen LogP contribution in [0.25, 0.3) is 0 Å². The summed E-state index contributed by atoms with van der Waals surface area (Å²) in [7, 11) is 0. The Kier molecular flexibility index (Phi) is 6.12. The number of aromatic nitrogens is 2. The van der Waals surface area contributed by atoms with E-state index in [4.69, 9.17) is 0 Å². The Hall–Kier alpha value is -1.78. The van der Waals surface area contributed by atoms with E-state index in [9.17, 15) is 0 Å². The monoisotopic (exact) mass is 310 g/mol. The molecule has 0 aliphatic carbocycles. The average Bonchev–Trinajstić information content (AvgIpc) is 2.90. The molecular formula is C19H26N4. The first-order valence-corrected chi connectivity index (χ1v) is 8.67. The minimum atomic E-state index is 0.443. The predicted molar refractivity (Wildman–Crippen MR) is 93.0 cm³/mol. The molecule has 4 nitrogen and oxygen atoms in total. The molecule has 23 heavy (non-hydrogen) atoms. The number of nitrogens with one attached hydrogen (secondary N) is 1. The average molecular weight is 310 g/mol. The van der Waals surface area contributed by atoms with Gasteiger partial charge in [-0.3, -0.25) is 4.90 Å².